The number of hydrogen-bond acceptors (Lipinski definition) is 5. The SMILES string of the molecule is CCN1C(=O)Cc2cc(NS(=O)(=O)c3ccc4c(c3)OCCO4)ccc21. The second kappa shape index (κ2) is 6.21. The molecular formula is C18H18N2O5S. The van der Waals surface area contributed by atoms with E-state index in [0.29, 0.717) is 36.9 Å². The molecule has 26 heavy (non-hydrogen) atoms. The number of fused-ring (bicyclic) bond motifs is 2. The van der Waals surface area contributed by atoms with E-state index < -0.39 is 10.0 Å². The summed E-state index contributed by atoms with van der Waals surface area (Å²) in [6, 6.07) is 9.65. The molecular weight excluding hydrogens is 356 g/mol. The number of hydrogen-bond donors (Lipinski definition) is 1. The maximum Gasteiger partial charge on any atom is 0.262 e. The molecule has 0 saturated heterocycles. The Labute approximate surface area is 151 Å². The van der Waals surface area contributed by atoms with E-state index >= 15 is 0 Å². The summed E-state index contributed by atoms with van der Waals surface area (Å²) in [4.78, 5) is 13.8. The number of benzene rings is 2. The zero-order chi connectivity index (χ0) is 18.3. The number of anilines is 2. The van der Waals surface area contributed by atoms with Crippen LogP contribution in [-0.4, -0.2) is 34.1 Å². The van der Waals surface area contributed by atoms with Gasteiger partial charge in [-0.05, 0) is 42.8 Å². The van der Waals surface area contributed by atoms with Gasteiger partial charge in [0.25, 0.3) is 10.0 Å². The lowest BCUT2D eigenvalue weighted by molar-refractivity contribution is -0.117. The van der Waals surface area contributed by atoms with Gasteiger partial charge < -0.3 is 14.4 Å². The number of rotatable bonds is 4. The molecule has 8 heteroatoms. The molecule has 0 unspecified atom stereocenters. The first-order chi connectivity index (χ1) is 12.5. The van der Waals surface area contributed by atoms with Crippen molar-refractivity contribution >= 4 is 27.3 Å². The van der Waals surface area contributed by atoms with Crippen LogP contribution >= 0.6 is 0 Å². The summed E-state index contributed by atoms with van der Waals surface area (Å²) < 4.78 is 38.8. The zero-order valence-corrected chi connectivity index (χ0v) is 15.0. The second-order valence-electron chi connectivity index (χ2n) is 6.07. The Kier molecular flexibility index (Phi) is 3.99. The molecule has 2 aromatic rings. The molecule has 0 radical (unpaired) electrons. The average molecular weight is 374 g/mol. The number of amides is 1. The van der Waals surface area contributed by atoms with Crippen LogP contribution in [0.15, 0.2) is 41.3 Å². The number of ether oxygens (including phenoxy) is 2. The fraction of sp³-hybridized carbons (Fsp3) is 0.278. The van der Waals surface area contributed by atoms with Crippen LogP contribution < -0.4 is 19.1 Å². The highest BCUT2D eigenvalue weighted by Crippen LogP contribution is 2.34. The summed E-state index contributed by atoms with van der Waals surface area (Å²) >= 11 is 0. The number of carbonyl (C=O) groups excluding carboxylic acids is 1. The molecule has 0 aromatic heterocycles. The summed E-state index contributed by atoms with van der Waals surface area (Å²) in [7, 11) is -3.78. The highest BCUT2D eigenvalue weighted by molar-refractivity contribution is 7.92. The smallest absolute Gasteiger partial charge is 0.262 e. The Bertz CT molecular complexity index is 987. The van der Waals surface area contributed by atoms with E-state index in [-0.39, 0.29) is 17.2 Å². The first kappa shape index (κ1) is 16.7. The second-order valence-corrected chi connectivity index (χ2v) is 7.75. The number of nitrogens with zero attached hydrogens (tertiary/aromatic N) is 1. The molecule has 1 amide bonds. The largest absolute Gasteiger partial charge is 0.486 e. The molecule has 7 nitrogen and oxygen atoms in total. The van der Waals surface area contributed by atoms with Gasteiger partial charge in [0, 0.05) is 24.0 Å². The molecule has 0 bridgehead atoms. The van der Waals surface area contributed by atoms with Crippen molar-refractivity contribution in [3.8, 4) is 11.5 Å². The van der Waals surface area contributed by atoms with Crippen LogP contribution in [0.5, 0.6) is 11.5 Å². The minimum absolute atomic E-state index is 0.0225. The highest BCUT2D eigenvalue weighted by atomic mass is 32.2. The number of likely N-dealkylation sites (N-methyl/N-ethyl adjacent to an activating group) is 1. The third kappa shape index (κ3) is 2.86. The standard InChI is InChI=1S/C18H18N2O5S/c1-2-20-15-5-3-13(9-12(15)10-18(20)21)19-26(22,23)14-4-6-16-17(11-14)25-8-7-24-16/h3-6,9,11,19H,2,7-8,10H2,1H3. The maximum atomic E-state index is 12.7. The Hall–Kier alpha value is -2.74. The van der Waals surface area contributed by atoms with Crippen molar-refractivity contribution < 1.29 is 22.7 Å². The molecule has 0 spiro atoms. The maximum absolute atomic E-state index is 12.7. The van der Waals surface area contributed by atoms with Crippen molar-refractivity contribution in [1.29, 1.82) is 0 Å². The van der Waals surface area contributed by atoms with Gasteiger partial charge >= 0.3 is 0 Å². The lowest BCUT2D eigenvalue weighted by atomic mass is 10.1. The molecule has 2 aliphatic rings. The zero-order valence-electron chi connectivity index (χ0n) is 14.2. The first-order valence-corrected chi connectivity index (χ1v) is 9.82. The van der Waals surface area contributed by atoms with Crippen molar-refractivity contribution in [2.45, 2.75) is 18.2 Å². The third-order valence-electron chi connectivity index (χ3n) is 4.41. The first-order valence-electron chi connectivity index (χ1n) is 8.34. The van der Waals surface area contributed by atoms with Crippen LogP contribution in [0.1, 0.15) is 12.5 Å². The van der Waals surface area contributed by atoms with Crippen LogP contribution in [0.3, 0.4) is 0 Å². The van der Waals surface area contributed by atoms with Gasteiger partial charge in [0.1, 0.15) is 13.2 Å². The highest BCUT2D eigenvalue weighted by Gasteiger charge is 2.27. The van der Waals surface area contributed by atoms with E-state index in [2.05, 4.69) is 4.72 Å². The molecule has 0 atom stereocenters. The van der Waals surface area contributed by atoms with Gasteiger partial charge in [0.2, 0.25) is 5.91 Å². The van der Waals surface area contributed by atoms with Crippen LogP contribution in [0, 0.1) is 0 Å². The fourth-order valence-corrected chi connectivity index (χ4v) is 4.26. The van der Waals surface area contributed by atoms with Crippen LogP contribution in [-0.2, 0) is 21.2 Å². The number of carbonyl (C=O) groups is 1. The molecule has 2 heterocycles. The van der Waals surface area contributed by atoms with Gasteiger partial charge in [-0.1, -0.05) is 0 Å². The topological polar surface area (TPSA) is 84.9 Å². The van der Waals surface area contributed by atoms with Crippen molar-refractivity contribution in [2.24, 2.45) is 0 Å². The van der Waals surface area contributed by atoms with Crippen LogP contribution in [0.4, 0.5) is 11.4 Å². The van der Waals surface area contributed by atoms with Crippen molar-refractivity contribution in [3.05, 3.63) is 42.0 Å². The van der Waals surface area contributed by atoms with Crippen molar-refractivity contribution in [1.82, 2.24) is 0 Å². The Morgan fingerprint density at radius 1 is 1.08 bits per heavy atom. The molecule has 1 N–H and O–H groups in total. The summed E-state index contributed by atoms with van der Waals surface area (Å²) in [5.41, 5.74) is 2.07. The Morgan fingerprint density at radius 3 is 2.62 bits per heavy atom. The fourth-order valence-electron chi connectivity index (χ4n) is 3.20. The number of sulfonamides is 1. The van der Waals surface area contributed by atoms with E-state index in [9.17, 15) is 13.2 Å². The van der Waals surface area contributed by atoms with Crippen molar-refractivity contribution in [3.63, 3.8) is 0 Å². The summed E-state index contributed by atoms with van der Waals surface area (Å²) in [6.45, 7) is 3.33. The lowest BCUT2D eigenvalue weighted by Gasteiger charge is -2.19. The van der Waals surface area contributed by atoms with Gasteiger partial charge in [-0.3, -0.25) is 9.52 Å². The third-order valence-corrected chi connectivity index (χ3v) is 5.78. The predicted molar refractivity (Wildman–Crippen MR) is 96.4 cm³/mol. The van der Waals surface area contributed by atoms with Crippen molar-refractivity contribution in [2.75, 3.05) is 29.4 Å². The van der Waals surface area contributed by atoms with E-state index in [1.165, 1.54) is 12.1 Å². The van der Waals surface area contributed by atoms with Crippen LogP contribution in [0.2, 0.25) is 0 Å². The van der Waals surface area contributed by atoms with E-state index in [1.54, 1.807) is 29.2 Å². The van der Waals surface area contributed by atoms with Gasteiger partial charge in [-0.2, -0.15) is 0 Å². The summed E-state index contributed by atoms with van der Waals surface area (Å²) in [6.07, 6.45) is 0.281. The predicted octanol–water partition coefficient (Wildman–Crippen LogP) is 2.17. The van der Waals surface area contributed by atoms with Crippen LogP contribution in [0.25, 0.3) is 0 Å². The van der Waals surface area contributed by atoms with E-state index in [0.717, 1.165) is 11.3 Å². The Balaban J connectivity index is 1.61. The van der Waals surface area contributed by atoms with E-state index in [4.69, 9.17) is 9.47 Å². The minimum atomic E-state index is -3.78. The molecule has 0 saturated carbocycles. The molecule has 0 fully saturated rings. The quantitative estimate of drug-likeness (QED) is 0.887. The normalized spacial score (nSPS) is 15.7. The minimum Gasteiger partial charge on any atom is -0.486 e. The van der Waals surface area contributed by atoms with Gasteiger partial charge in [-0.25, -0.2) is 8.42 Å². The van der Waals surface area contributed by atoms with Gasteiger partial charge in [0.05, 0.1) is 11.3 Å². The molecule has 2 aliphatic heterocycles. The summed E-state index contributed by atoms with van der Waals surface area (Å²) in [5.74, 6) is 0.970. The molecule has 136 valence electrons. The molecule has 4 rings (SSSR count). The monoisotopic (exact) mass is 374 g/mol. The molecule has 2 aromatic carbocycles. The average Bonchev–Trinajstić information content (AvgIpc) is 2.95. The lowest BCUT2D eigenvalue weighted by Crippen LogP contribution is -2.25. The van der Waals surface area contributed by atoms with Gasteiger partial charge in [0.15, 0.2) is 11.5 Å². The van der Waals surface area contributed by atoms with E-state index in [1.807, 2.05) is 6.92 Å². The Morgan fingerprint density at radius 2 is 1.85 bits per heavy atom. The van der Waals surface area contributed by atoms with Gasteiger partial charge in [-0.15, -0.1) is 0 Å². The molecule has 0 aliphatic carbocycles. The summed E-state index contributed by atoms with van der Waals surface area (Å²) in [5, 5.41) is 0. The number of nitrogens with one attached hydrogen (secondary N) is 1.